The Bertz CT molecular complexity index is 510. The van der Waals surface area contributed by atoms with Gasteiger partial charge < -0.3 is 15.2 Å². The summed E-state index contributed by atoms with van der Waals surface area (Å²) in [6, 6.07) is 8.19. The Balaban J connectivity index is 3.00. The van der Waals surface area contributed by atoms with Crippen molar-refractivity contribution in [3.8, 4) is 6.07 Å². The normalized spacial score (nSPS) is 10.5. The summed E-state index contributed by atoms with van der Waals surface area (Å²) in [6.45, 7) is 1.20. The maximum absolute atomic E-state index is 10.8. The molecule has 1 amide bonds. The Morgan fingerprint density at radius 2 is 1.94 bits per heavy atom. The van der Waals surface area contributed by atoms with Crippen molar-refractivity contribution in [2.75, 3.05) is 0 Å². The van der Waals surface area contributed by atoms with E-state index in [0.717, 1.165) is 0 Å². The maximum Gasteiger partial charge on any atom is 0.221 e. The molecule has 0 saturated heterocycles. The summed E-state index contributed by atoms with van der Waals surface area (Å²) >= 11 is 0. The zero-order valence-electron chi connectivity index (χ0n) is 9.06. The van der Waals surface area contributed by atoms with Crippen molar-refractivity contribution in [2.45, 2.75) is 6.92 Å². The molecule has 0 aromatic heterocycles. The fourth-order valence-electron chi connectivity index (χ4n) is 1.16. The minimum absolute atomic E-state index is 0.317. The third-order valence-electron chi connectivity index (χ3n) is 1.88. The van der Waals surface area contributed by atoms with Crippen LogP contribution in [0, 0.1) is 11.3 Å². The van der Waals surface area contributed by atoms with E-state index in [0.29, 0.717) is 11.1 Å². The standard InChI is InChI=1S/C12H10N2O3/c1-8(15)14-11(12(16)17)6-9-2-4-10(7-13)5-3-9/h2-6H,1H3,(H,14,15)(H,16,17)/p-1/b11-6-. The molecule has 1 aromatic carbocycles. The number of hydrogen-bond donors (Lipinski definition) is 1. The molecule has 17 heavy (non-hydrogen) atoms. The van der Waals surface area contributed by atoms with E-state index in [-0.39, 0.29) is 5.70 Å². The summed E-state index contributed by atoms with van der Waals surface area (Å²) in [4.78, 5) is 21.5. The zero-order chi connectivity index (χ0) is 12.8. The van der Waals surface area contributed by atoms with Gasteiger partial charge in [0.05, 0.1) is 23.3 Å². The van der Waals surface area contributed by atoms with Crippen LogP contribution in [0.5, 0.6) is 0 Å². The number of nitrogens with zero attached hydrogens (tertiary/aromatic N) is 1. The van der Waals surface area contributed by atoms with E-state index in [1.165, 1.54) is 13.0 Å². The van der Waals surface area contributed by atoms with Crippen molar-refractivity contribution in [3.63, 3.8) is 0 Å². The van der Waals surface area contributed by atoms with Crippen molar-refractivity contribution in [1.29, 1.82) is 5.26 Å². The maximum atomic E-state index is 10.8. The Morgan fingerprint density at radius 1 is 1.35 bits per heavy atom. The lowest BCUT2D eigenvalue weighted by atomic mass is 10.1. The van der Waals surface area contributed by atoms with E-state index < -0.39 is 11.9 Å². The number of amides is 1. The summed E-state index contributed by atoms with van der Waals surface area (Å²) in [7, 11) is 0. The van der Waals surface area contributed by atoms with Crippen LogP contribution in [0.1, 0.15) is 18.1 Å². The Hall–Kier alpha value is -2.61. The lowest BCUT2D eigenvalue weighted by Gasteiger charge is -2.08. The number of carbonyl (C=O) groups excluding carboxylic acids is 2. The van der Waals surface area contributed by atoms with Gasteiger partial charge in [-0.2, -0.15) is 5.26 Å². The van der Waals surface area contributed by atoms with Crippen molar-refractivity contribution >= 4 is 18.0 Å². The summed E-state index contributed by atoms with van der Waals surface area (Å²) < 4.78 is 0. The van der Waals surface area contributed by atoms with Gasteiger partial charge >= 0.3 is 0 Å². The molecule has 1 N–H and O–H groups in total. The molecule has 0 atom stereocenters. The van der Waals surface area contributed by atoms with Gasteiger partial charge in [-0.15, -0.1) is 0 Å². The zero-order valence-corrected chi connectivity index (χ0v) is 9.06. The highest BCUT2D eigenvalue weighted by Crippen LogP contribution is 2.07. The lowest BCUT2D eigenvalue weighted by Crippen LogP contribution is -2.34. The van der Waals surface area contributed by atoms with Gasteiger partial charge in [0.1, 0.15) is 0 Å². The van der Waals surface area contributed by atoms with E-state index in [2.05, 4.69) is 5.32 Å². The molecule has 0 spiro atoms. The van der Waals surface area contributed by atoms with Gasteiger partial charge in [0.15, 0.2) is 0 Å². The van der Waals surface area contributed by atoms with E-state index >= 15 is 0 Å². The number of carbonyl (C=O) groups is 2. The van der Waals surface area contributed by atoms with Crippen LogP contribution in [-0.4, -0.2) is 11.9 Å². The van der Waals surface area contributed by atoms with Crippen LogP contribution in [0.15, 0.2) is 30.0 Å². The molecule has 0 saturated carbocycles. The second-order valence-corrected chi connectivity index (χ2v) is 3.26. The Kier molecular flexibility index (Phi) is 4.01. The number of aliphatic carboxylic acids is 1. The minimum Gasteiger partial charge on any atom is -0.543 e. The molecule has 0 radical (unpaired) electrons. The smallest absolute Gasteiger partial charge is 0.221 e. The van der Waals surface area contributed by atoms with Crippen LogP contribution in [0.25, 0.3) is 6.08 Å². The van der Waals surface area contributed by atoms with Gasteiger partial charge in [0, 0.05) is 6.92 Å². The number of nitrogens with one attached hydrogen (secondary N) is 1. The van der Waals surface area contributed by atoms with Crippen LogP contribution in [0.2, 0.25) is 0 Å². The highest BCUT2D eigenvalue weighted by atomic mass is 16.4. The molecule has 0 aliphatic heterocycles. The number of rotatable bonds is 3. The predicted molar refractivity (Wildman–Crippen MR) is 58.0 cm³/mol. The van der Waals surface area contributed by atoms with Crippen LogP contribution >= 0.6 is 0 Å². The number of carboxylic acids is 1. The first kappa shape index (κ1) is 12.5. The highest BCUT2D eigenvalue weighted by molar-refractivity contribution is 5.95. The molecule has 0 fully saturated rings. The summed E-state index contributed by atoms with van der Waals surface area (Å²) in [5, 5.41) is 21.5. The van der Waals surface area contributed by atoms with Gasteiger partial charge in [-0.05, 0) is 23.8 Å². The number of benzene rings is 1. The SMILES string of the molecule is CC(=O)N/C(=C\c1ccc(C#N)cc1)C(=O)[O-]. The minimum atomic E-state index is -1.47. The van der Waals surface area contributed by atoms with E-state index in [9.17, 15) is 14.7 Å². The first-order valence-corrected chi connectivity index (χ1v) is 4.73. The third-order valence-corrected chi connectivity index (χ3v) is 1.88. The highest BCUT2D eigenvalue weighted by Gasteiger charge is 2.01. The second kappa shape index (κ2) is 5.47. The molecular weight excluding hydrogens is 220 g/mol. The molecule has 0 bridgehead atoms. The largest absolute Gasteiger partial charge is 0.543 e. The van der Waals surface area contributed by atoms with E-state index in [4.69, 9.17) is 5.26 Å². The van der Waals surface area contributed by atoms with Crippen LogP contribution in [-0.2, 0) is 9.59 Å². The molecule has 5 nitrogen and oxygen atoms in total. The van der Waals surface area contributed by atoms with E-state index in [1.54, 1.807) is 24.3 Å². The second-order valence-electron chi connectivity index (χ2n) is 3.26. The molecule has 0 aliphatic carbocycles. The third kappa shape index (κ3) is 3.80. The lowest BCUT2D eigenvalue weighted by molar-refractivity contribution is -0.299. The van der Waals surface area contributed by atoms with Crippen LogP contribution < -0.4 is 10.4 Å². The number of hydrogen-bond acceptors (Lipinski definition) is 4. The molecule has 1 aromatic rings. The van der Waals surface area contributed by atoms with Gasteiger partial charge in [-0.3, -0.25) is 4.79 Å². The fraction of sp³-hybridized carbons (Fsp3) is 0.0833. The monoisotopic (exact) mass is 229 g/mol. The predicted octanol–water partition coefficient (Wildman–Crippen LogP) is -0.215. The average Bonchev–Trinajstić information content (AvgIpc) is 2.28. The molecule has 0 heterocycles. The van der Waals surface area contributed by atoms with Crippen LogP contribution in [0.4, 0.5) is 0 Å². The van der Waals surface area contributed by atoms with Crippen molar-refractivity contribution in [3.05, 3.63) is 41.1 Å². The molecule has 0 aliphatic rings. The first-order valence-electron chi connectivity index (χ1n) is 4.73. The van der Waals surface area contributed by atoms with Gasteiger partial charge in [0.2, 0.25) is 5.91 Å². The topological polar surface area (TPSA) is 93.0 Å². The van der Waals surface area contributed by atoms with Crippen molar-refractivity contribution < 1.29 is 14.7 Å². The fourth-order valence-corrected chi connectivity index (χ4v) is 1.16. The van der Waals surface area contributed by atoms with Gasteiger partial charge in [-0.25, -0.2) is 0 Å². The summed E-state index contributed by atoms with van der Waals surface area (Å²) in [6.07, 6.45) is 1.26. The van der Waals surface area contributed by atoms with Gasteiger partial charge in [0.25, 0.3) is 0 Å². The number of nitriles is 1. The van der Waals surface area contributed by atoms with Gasteiger partial charge in [-0.1, -0.05) is 12.1 Å². The summed E-state index contributed by atoms with van der Waals surface area (Å²) in [5.41, 5.74) is 0.704. The molecule has 86 valence electrons. The van der Waals surface area contributed by atoms with E-state index in [1.807, 2.05) is 6.07 Å². The molecule has 5 heteroatoms. The Morgan fingerprint density at radius 3 is 2.35 bits per heavy atom. The molecule has 0 unspecified atom stereocenters. The molecular formula is C12H9N2O3-. The Labute approximate surface area is 98.0 Å². The van der Waals surface area contributed by atoms with Crippen molar-refractivity contribution in [1.82, 2.24) is 5.32 Å². The number of carboxylic acid groups (broad SMARTS) is 1. The summed E-state index contributed by atoms with van der Waals surface area (Å²) in [5.74, 6) is -1.96. The van der Waals surface area contributed by atoms with Crippen LogP contribution in [0.3, 0.4) is 0 Å². The first-order chi connectivity index (χ1) is 8.02. The molecule has 1 rings (SSSR count). The quantitative estimate of drug-likeness (QED) is 0.725. The average molecular weight is 229 g/mol. The van der Waals surface area contributed by atoms with Crippen molar-refractivity contribution in [2.24, 2.45) is 0 Å².